The minimum Gasteiger partial charge on any atom is -0.351 e. The first kappa shape index (κ1) is 16.8. The lowest BCUT2D eigenvalue weighted by Gasteiger charge is -2.31. The average Bonchev–Trinajstić information content (AvgIpc) is 3.12. The van der Waals surface area contributed by atoms with Crippen molar-refractivity contribution < 1.29 is 4.79 Å². The lowest BCUT2D eigenvalue weighted by molar-refractivity contribution is -0.122. The second-order valence-electron chi connectivity index (χ2n) is 6.98. The maximum Gasteiger partial charge on any atom is 0.234 e. The van der Waals surface area contributed by atoms with Crippen molar-refractivity contribution >= 4 is 16.9 Å². The van der Waals surface area contributed by atoms with Crippen LogP contribution in [0.2, 0.25) is 0 Å². The summed E-state index contributed by atoms with van der Waals surface area (Å²) in [6.07, 6.45) is 2.20. The third kappa shape index (κ3) is 3.94. The van der Waals surface area contributed by atoms with Gasteiger partial charge in [-0.1, -0.05) is 42.5 Å². The molecule has 26 heavy (non-hydrogen) atoms. The number of hydrogen-bond donors (Lipinski definition) is 2. The number of piperidine rings is 1. The molecule has 0 bridgehead atoms. The first-order chi connectivity index (χ1) is 12.8. The highest BCUT2D eigenvalue weighted by atomic mass is 16.2. The van der Waals surface area contributed by atoms with Gasteiger partial charge in [0.15, 0.2) is 0 Å². The predicted octanol–water partition coefficient (Wildman–Crippen LogP) is 3.06. The number of likely N-dealkylation sites (tertiary alicyclic amines) is 1. The van der Waals surface area contributed by atoms with E-state index in [-0.39, 0.29) is 5.91 Å². The zero-order chi connectivity index (χ0) is 17.8. The second kappa shape index (κ2) is 7.70. The van der Waals surface area contributed by atoms with Gasteiger partial charge in [0.25, 0.3) is 0 Å². The lowest BCUT2D eigenvalue weighted by Crippen LogP contribution is -2.42. The van der Waals surface area contributed by atoms with Gasteiger partial charge in [0.05, 0.1) is 17.6 Å². The summed E-state index contributed by atoms with van der Waals surface area (Å²) in [6.45, 7) is 2.87. The van der Waals surface area contributed by atoms with Crippen LogP contribution in [0.4, 0.5) is 0 Å². The van der Waals surface area contributed by atoms with E-state index in [1.807, 2.05) is 48.5 Å². The maximum atomic E-state index is 12.3. The molecule has 1 aliphatic heterocycles. The van der Waals surface area contributed by atoms with Crippen molar-refractivity contribution in [2.45, 2.75) is 25.3 Å². The van der Waals surface area contributed by atoms with Crippen LogP contribution < -0.4 is 5.32 Å². The number of aromatic amines is 1. The summed E-state index contributed by atoms with van der Waals surface area (Å²) >= 11 is 0. The Morgan fingerprint density at radius 3 is 2.81 bits per heavy atom. The zero-order valence-corrected chi connectivity index (χ0v) is 14.8. The van der Waals surface area contributed by atoms with Crippen molar-refractivity contribution in [3.63, 3.8) is 0 Å². The molecule has 5 nitrogen and oxygen atoms in total. The van der Waals surface area contributed by atoms with Gasteiger partial charge in [-0.25, -0.2) is 4.98 Å². The second-order valence-corrected chi connectivity index (χ2v) is 6.98. The first-order valence-electron chi connectivity index (χ1n) is 9.25. The van der Waals surface area contributed by atoms with E-state index in [1.54, 1.807) is 0 Å². The highest BCUT2D eigenvalue weighted by molar-refractivity contribution is 5.78. The Morgan fingerprint density at radius 1 is 1.15 bits per heavy atom. The van der Waals surface area contributed by atoms with E-state index < -0.39 is 0 Å². The summed E-state index contributed by atoms with van der Waals surface area (Å²) in [5.41, 5.74) is 3.22. The number of aromatic nitrogens is 2. The van der Waals surface area contributed by atoms with Crippen LogP contribution in [0.5, 0.6) is 0 Å². The molecular weight excluding hydrogens is 324 g/mol. The Bertz CT molecular complexity index is 841. The Morgan fingerprint density at radius 2 is 1.96 bits per heavy atom. The van der Waals surface area contributed by atoms with Crippen molar-refractivity contribution in [3.8, 4) is 0 Å². The molecule has 2 N–H and O–H groups in total. The van der Waals surface area contributed by atoms with Crippen LogP contribution in [0, 0.1) is 0 Å². The lowest BCUT2D eigenvalue weighted by atomic mass is 9.97. The number of hydrogen-bond acceptors (Lipinski definition) is 3. The van der Waals surface area contributed by atoms with Crippen molar-refractivity contribution in [1.29, 1.82) is 0 Å². The molecule has 3 aromatic rings. The van der Waals surface area contributed by atoms with E-state index in [9.17, 15) is 4.79 Å². The number of fused-ring (bicyclic) bond motifs is 1. The largest absolute Gasteiger partial charge is 0.351 e. The number of H-pyrrole nitrogens is 1. The summed E-state index contributed by atoms with van der Waals surface area (Å²) in [6, 6.07) is 18.1. The monoisotopic (exact) mass is 348 g/mol. The van der Waals surface area contributed by atoms with E-state index >= 15 is 0 Å². The minimum absolute atomic E-state index is 0.0825. The van der Waals surface area contributed by atoms with E-state index in [2.05, 4.69) is 21.3 Å². The highest BCUT2D eigenvalue weighted by Crippen LogP contribution is 2.26. The SMILES string of the molecule is O=C(CN1CCCC(c2nc3ccccc3[nH]2)C1)NCc1ccccc1. The Labute approximate surface area is 153 Å². The molecule has 1 amide bonds. The van der Waals surface area contributed by atoms with Crippen LogP contribution in [0.3, 0.4) is 0 Å². The van der Waals surface area contributed by atoms with Crippen molar-refractivity contribution in [2.24, 2.45) is 0 Å². The van der Waals surface area contributed by atoms with Crippen LogP contribution in [-0.2, 0) is 11.3 Å². The van der Waals surface area contributed by atoms with Gasteiger partial charge in [0.2, 0.25) is 5.91 Å². The normalized spacial score (nSPS) is 18.1. The van der Waals surface area contributed by atoms with Crippen LogP contribution in [0.25, 0.3) is 11.0 Å². The van der Waals surface area contributed by atoms with Gasteiger partial charge >= 0.3 is 0 Å². The van der Waals surface area contributed by atoms with Crippen LogP contribution in [0.1, 0.15) is 30.1 Å². The molecule has 1 atom stereocenters. The summed E-state index contributed by atoms with van der Waals surface area (Å²) in [7, 11) is 0. The molecule has 2 aromatic carbocycles. The number of benzene rings is 2. The fourth-order valence-corrected chi connectivity index (χ4v) is 3.64. The van der Waals surface area contributed by atoms with Gasteiger partial charge in [-0.2, -0.15) is 0 Å². The van der Waals surface area contributed by atoms with Gasteiger partial charge in [-0.15, -0.1) is 0 Å². The molecule has 1 saturated heterocycles. The van der Waals surface area contributed by atoms with E-state index in [0.717, 1.165) is 48.4 Å². The average molecular weight is 348 g/mol. The minimum atomic E-state index is 0.0825. The molecule has 0 aliphatic carbocycles. The number of imidazole rings is 1. The number of para-hydroxylation sites is 2. The van der Waals surface area contributed by atoms with Gasteiger partial charge in [0, 0.05) is 19.0 Å². The maximum absolute atomic E-state index is 12.3. The predicted molar refractivity (Wildman–Crippen MR) is 103 cm³/mol. The highest BCUT2D eigenvalue weighted by Gasteiger charge is 2.25. The Hall–Kier alpha value is -2.66. The molecule has 0 radical (unpaired) electrons. The number of carbonyl (C=O) groups excluding carboxylic acids is 1. The topological polar surface area (TPSA) is 61.0 Å². The van der Waals surface area contributed by atoms with Gasteiger partial charge < -0.3 is 10.3 Å². The fourth-order valence-electron chi connectivity index (χ4n) is 3.64. The molecule has 0 spiro atoms. The first-order valence-corrected chi connectivity index (χ1v) is 9.25. The Balaban J connectivity index is 1.33. The van der Waals surface area contributed by atoms with Crippen molar-refractivity contribution in [3.05, 3.63) is 66.0 Å². The molecule has 1 aromatic heterocycles. The number of carbonyl (C=O) groups is 1. The van der Waals surface area contributed by atoms with Crippen molar-refractivity contribution in [2.75, 3.05) is 19.6 Å². The molecule has 0 saturated carbocycles. The van der Waals surface area contributed by atoms with Crippen molar-refractivity contribution in [1.82, 2.24) is 20.2 Å². The quantitative estimate of drug-likeness (QED) is 0.745. The molecule has 134 valence electrons. The molecule has 4 rings (SSSR count). The van der Waals surface area contributed by atoms with E-state index in [0.29, 0.717) is 19.0 Å². The molecule has 1 unspecified atom stereocenters. The molecule has 1 fully saturated rings. The zero-order valence-electron chi connectivity index (χ0n) is 14.8. The molecular formula is C21H24N4O. The van der Waals surface area contributed by atoms with Gasteiger partial charge in [0.1, 0.15) is 5.82 Å². The summed E-state index contributed by atoms with van der Waals surface area (Å²) in [4.78, 5) is 22.7. The number of amides is 1. The van der Waals surface area contributed by atoms with Crippen LogP contribution in [-0.4, -0.2) is 40.4 Å². The van der Waals surface area contributed by atoms with E-state index in [4.69, 9.17) is 4.98 Å². The standard InChI is InChI=1S/C21H24N4O/c26-20(22-13-16-7-2-1-3-8-16)15-25-12-6-9-17(14-25)21-23-18-10-4-5-11-19(18)24-21/h1-5,7-8,10-11,17H,6,9,12-15H2,(H,22,26)(H,23,24). The molecule has 1 aliphatic rings. The van der Waals surface area contributed by atoms with E-state index in [1.165, 1.54) is 0 Å². The Kier molecular flexibility index (Phi) is 4.97. The summed E-state index contributed by atoms with van der Waals surface area (Å²) in [5.74, 6) is 1.48. The molecule has 5 heteroatoms. The van der Waals surface area contributed by atoms with Crippen LogP contribution in [0.15, 0.2) is 54.6 Å². The summed E-state index contributed by atoms with van der Waals surface area (Å²) < 4.78 is 0. The molecule has 2 heterocycles. The summed E-state index contributed by atoms with van der Waals surface area (Å²) in [5, 5.41) is 3.02. The third-order valence-electron chi connectivity index (χ3n) is 5.00. The number of nitrogens with zero attached hydrogens (tertiary/aromatic N) is 2. The third-order valence-corrected chi connectivity index (χ3v) is 5.00. The fraction of sp³-hybridized carbons (Fsp3) is 0.333. The van der Waals surface area contributed by atoms with Gasteiger partial charge in [-0.05, 0) is 37.1 Å². The van der Waals surface area contributed by atoms with Gasteiger partial charge in [-0.3, -0.25) is 9.69 Å². The number of nitrogens with one attached hydrogen (secondary N) is 2. The smallest absolute Gasteiger partial charge is 0.234 e. The number of rotatable bonds is 5. The van der Waals surface area contributed by atoms with Crippen LogP contribution >= 0.6 is 0 Å².